The molecule has 27 heavy (non-hydrogen) atoms. The van der Waals surface area contributed by atoms with E-state index in [1.807, 2.05) is 12.1 Å². The van der Waals surface area contributed by atoms with Crippen molar-refractivity contribution in [3.8, 4) is 11.5 Å². The molecule has 1 unspecified atom stereocenters. The number of ether oxygens (including phenoxy) is 2. The van der Waals surface area contributed by atoms with Crippen LogP contribution in [0.1, 0.15) is 16.0 Å². The second-order valence-corrected chi connectivity index (χ2v) is 7.52. The summed E-state index contributed by atoms with van der Waals surface area (Å²) in [4.78, 5) is 1.16. The first-order valence-corrected chi connectivity index (χ1v) is 9.77. The SMILES string of the molecule is COc1ccc(C2(c3cccs3)C=Cc3c(ccc4ccccc34)O2)cc1. The van der Waals surface area contributed by atoms with Crippen molar-refractivity contribution >= 4 is 28.2 Å². The first kappa shape index (κ1) is 16.2. The molecule has 3 heteroatoms. The molecule has 0 spiro atoms. The van der Waals surface area contributed by atoms with Gasteiger partial charge in [-0.05, 0) is 52.6 Å². The van der Waals surface area contributed by atoms with E-state index < -0.39 is 5.60 Å². The summed E-state index contributed by atoms with van der Waals surface area (Å²) in [5, 5.41) is 4.52. The summed E-state index contributed by atoms with van der Waals surface area (Å²) in [5.41, 5.74) is 1.59. The zero-order chi connectivity index (χ0) is 18.3. The van der Waals surface area contributed by atoms with E-state index in [4.69, 9.17) is 9.47 Å². The number of benzene rings is 3. The van der Waals surface area contributed by atoms with Crippen molar-refractivity contribution in [2.24, 2.45) is 0 Å². The van der Waals surface area contributed by atoms with Crippen molar-refractivity contribution in [1.82, 2.24) is 0 Å². The number of rotatable bonds is 3. The summed E-state index contributed by atoms with van der Waals surface area (Å²) >= 11 is 1.70. The maximum absolute atomic E-state index is 6.71. The lowest BCUT2D eigenvalue weighted by molar-refractivity contribution is 0.165. The Labute approximate surface area is 162 Å². The van der Waals surface area contributed by atoms with Crippen molar-refractivity contribution in [1.29, 1.82) is 0 Å². The zero-order valence-electron chi connectivity index (χ0n) is 14.9. The van der Waals surface area contributed by atoms with Gasteiger partial charge in [0.25, 0.3) is 0 Å². The highest BCUT2D eigenvalue weighted by molar-refractivity contribution is 7.10. The van der Waals surface area contributed by atoms with Gasteiger partial charge in [-0.25, -0.2) is 0 Å². The third kappa shape index (κ3) is 2.54. The molecule has 132 valence electrons. The van der Waals surface area contributed by atoms with Gasteiger partial charge in [-0.3, -0.25) is 0 Å². The molecule has 0 bridgehead atoms. The van der Waals surface area contributed by atoms with Gasteiger partial charge < -0.3 is 9.47 Å². The Bertz CT molecular complexity index is 1130. The van der Waals surface area contributed by atoms with E-state index >= 15 is 0 Å². The highest BCUT2D eigenvalue weighted by Crippen LogP contribution is 2.45. The van der Waals surface area contributed by atoms with Crippen LogP contribution in [0.5, 0.6) is 11.5 Å². The number of hydrogen-bond donors (Lipinski definition) is 0. The molecule has 0 saturated carbocycles. The summed E-state index contributed by atoms with van der Waals surface area (Å²) < 4.78 is 12.0. The van der Waals surface area contributed by atoms with Crippen LogP contribution in [-0.4, -0.2) is 7.11 Å². The lowest BCUT2D eigenvalue weighted by Gasteiger charge is -2.35. The summed E-state index contributed by atoms with van der Waals surface area (Å²) in [6.45, 7) is 0. The van der Waals surface area contributed by atoms with Gasteiger partial charge in [0.2, 0.25) is 0 Å². The van der Waals surface area contributed by atoms with Gasteiger partial charge in [0.1, 0.15) is 11.5 Å². The third-order valence-corrected chi connectivity index (χ3v) is 6.08. The first-order valence-electron chi connectivity index (χ1n) is 8.89. The summed E-state index contributed by atoms with van der Waals surface area (Å²) in [7, 11) is 1.68. The molecular weight excluding hydrogens is 352 g/mol. The van der Waals surface area contributed by atoms with Crippen LogP contribution in [0, 0.1) is 0 Å². The number of hydrogen-bond acceptors (Lipinski definition) is 3. The van der Waals surface area contributed by atoms with Crippen LogP contribution in [0.15, 0.2) is 84.3 Å². The lowest BCUT2D eigenvalue weighted by atomic mass is 9.87. The molecule has 5 rings (SSSR count). The Balaban J connectivity index is 1.70. The van der Waals surface area contributed by atoms with Gasteiger partial charge in [0, 0.05) is 11.1 Å². The Kier molecular flexibility index (Phi) is 3.76. The fraction of sp³-hybridized carbons (Fsp3) is 0.0833. The largest absolute Gasteiger partial charge is 0.497 e. The average Bonchev–Trinajstić information content (AvgIpc) is 3.29. The second-order valence-electron chi connectivity index (χ2n) is 6.58. The van der Waals surface area contributed by atoms with Gasteiger partial charge in [-0.2, -0.15) is 0 Å². The van der Waals surface area contributed by atoms with E-state index in [2.05, 4.69) is 78.2 Å². The van der Waals surface area contributed by atoms with Crippen molar-refractivity contribution < 1.29 is 9.47 Å². The normalized spacial score (nSPS) is 18.1. The van der Waals surface area contributed by atoms with Crippen LogP contribution < -0.4 is 9.47 Å². The molecule has 0 N–H and O–H groups in total. The fourth-order valence-electron chi connectivity index (χ4n) is 3.70. The molecule has 1 aliphatic heterocycles. The molecular formula is C24H18O2S. The molecule has 1 atom stereocenters. The predicted octanol–water partition coefficient (Wildman–Crippen LogP) is 6.26. The Morgan fingerprint density at radius 2 is 1.74 bits per heavy atom. The fourth-order valence-corrected chi connectivity index (χ4v) is 4.57. The lowest BCUT2D eigenvalue weighted by Crippen LogP contribution is -2.33. The highest BCUT2D eigenvalue weighted by Gasteiger charge is 2.38. The number of thiophene rings is 1. The monoisotopic (exact) mass is 370 g/mol. The van der Waals surface area contributed by atoms with Crippen LogP contribution in [0.2, 0.25) is 0 Å². The van der Waals surface area contributed by atoms with Gasteiger partial charge in [-0.15, -0.1) is 11.3 Å². The molecule has 1 aliphatic rings. The van der Waals surface area contributed by atoms with E-state index in [0.717, 1.165) is 27.5 Å². The standard InChI is InChI=1S/C24H18O2S/c1-25-19-11-9-18(10-12-19)24(23-7-4-16-27-23)15-14-21-20-6-3-2-5-17(20)8-13-22(21)26-24/h2-16H,1H3. The topological polar surface area (TPSA) is 18.5 Å². The van der Waals surface area contributed by atoms with Crippen LogP contribution in [0.4, 0.5) is 0 Å². The molecule has 0 saturated heterocycles. The van der Waals surface area contributed by atoms with Crippen molar-refractivity contribution in [2.75, 3.05) is 7.11 Å². The first-order chi connectivity index (χ1) is 13.3. The van der Waals surface area contributed by atoms with Gasteiger partial charge in [0.15, 0.2) is 5.60 Å². The van der Waals surface area contributed by atoms with Crippen LogP contribution in [-0.2, 0) is 5.60 Å². The Hall–Kier alpha value is -3.04. The minimum Gasteiger partial charge on any atom is -0.497 e. The third-order valence-electron chi connectivity index (χ3n) is 5.09. The molecule has 2 heterocycles. The molecule has 0 fully saturated rings. The van der Waals surface area contributed by atoms with Gasteiger partial charge >= 0.3 is 0 Å². The molecule has 0 aliphatic carbocycles. The number of methoxy groups -OCH3 is 1. The molecule has 0 radical (unpaired) electrons. The van der Waals surface area contributed by atoms with Crippen molar-refractivity contribution in [3.05, 3.63) is 100 Å². The molecule has 4 aromatic rings. The van der Waals surface area contributed by atoms with Crippen LogP contribution >= 0.6 is 11.3 Å². The summed E-state index contributed by atoms with van der Waals surface area (Å²) in [6, 6.07) is 24.9. The molecule has 3 aromatic carbocycles. The van der Waals surface area contributed by atoms with Crippen LogP contribution in [0.3, 0.4) is 0 Å². The Morgan fingerprint density at radius 1 is 0.889 bits per heavy atom. The molecule has 2 nitrogen and oxygen atoms in total. The molecule has 1 aromatic heterocycles. The smallest absolute Gasteiger partial charge is 0.187 e. The highest BCUT2D eigenvalue weighted by atomic mass is 32.1. The van der Waals surface area contributed by atoms with E-state index in [-0.39, 0.29) is 0 Å². The van der Waals surface area contributed by atoms with Gasteiger partial charge in [0.05, 0.1) is 12.0 Å². The second kappa shape index (κ2) is 6.29. The average molecular weight is 370 g/mol. The summed E-state index contributed by atoms with van der Waals surface area (Å²) in [6.07, 6.45) is 4.38. The van der Waals surface area contributed by atoms with E-state index in [1.54, 1.807) is 18.4 Å². The zero-order valence-corrected chi connectivity index (χ0v) is 15.7. The maximum atomic E-state index is 6.71. The number of fused-ring (bicyclic) bond motifs is 3. The minimum atomic E-state index is -0.629. The van der Waals surface area contributed by atoms with Crippen LogP contribution in [0.25, 0.3) is 16.8 Å². The predicted molar refractivity (Wildman–Crippen MR) is 112 cm³/mol. The van der Waals surface area contributed by atoms with Crippen molar-refractivity contribution in [2.45, 2.75) is 5.60 Å². The summed E-state index contributed by atoms with van der Waals surface area (Å²) in [5.74, 6) is 1.74. The van der Waals surface area contributed by atoms with E-state index in [9.17, 15) is 0 Å². The molecule has 0 amide bonds. The quantitative estimate of drug-likeness (QED) is 0.424. The van der Waals surface area contributed by atoms with E-state index in [1.165, 1.54) is 10.8 Å². The van der Waals surface area contributed by atoms with Gasteiger partial charge in [-0.1, -0.05) is 48.5 Å². The maximum Gasteiger partial charge on any atom is 0.187 e. The minimum absolute atomic E-state index is 0.629. The van der Waals surface area contributed by atoms with E-state index in [0.29, 0.717) is 0 Å². The van der Waals surface area contributed by atoms with Crippen molar-refractivity contribution in [3.63, 3.8) is 0 Å². The Morgan fingerprint density at radius 3 is 2.52 bits per heavy atom.